The fraction of sp³-hybridized carbons (Fsp3) is 0.667. The van der Waals surface area contributed by atoms with Crippen LogP contribution in [0, 0.1) is 0 Å². The van der Waals surface area contributed by atoms with Gasteiger partial charge in [0.1, 0.15) is 11.4 Å². The lowest BCUT2D eigenvalue weighted by atomic mass is 9.99. The molecule has 17 heavy (non-hydrogen) atoms. The van der Waals surface area contributed by atoms with Gasteiger partial charge in [0, 0.05) is 24.9 Å². The second-order valence-electron chi connectivity index (χ2n) is 4.86. The number of nitrogens with zero attached hydrogens (tertiary/aromatic N) is 2. The van der Waals surface area contributed by atoms with Crippen molar-refractivity contribution in [2.75, 3.05) is 0 Å². The maximum atomic E-state index is 11.1. The molecule has 0 amide bonds. The molecule has 5 heteroatoms. The molecular formula is C12H19N3O2. The van der Waals surface area contributed by atoms with Crippen molar-refractivity contribution in [2.24, 2.45) is 5.73 Å². The van der Waals surface area contributed by atoms with Gasteiger partial charge in [-0.2, -0.15) is 0 Å². The minimum atomic E-state index is -1.06. The van der Waals surface area contributed by atoms with Gasteiger partial charge in [-0.3, -0.25) is 4.79 Å². The number of carboxylic acid groups (broad SMARTS) is 1. The molecule has 94 valence electrons. The molecule has 0 aromatic carbocycles. The molecule has 1 heterocycles. The van der Waals surface area contributed by atoms with Crippen LogP contribution < -0.4 is 5.73 Å². The zero-order chi connectivity index (χ0) is 12.5. The van der Waals surface area contributed by atoms with Crippen molar-refractivity contribution in [3.63, 3.8) is 0 Å². The molecule has 1 fully saturated rings. The lowest BCUT2D eigenvalue weighted by Crippen LogP contribution is -2.45. The molecule has 2 unspecified atom stereocenters. The molecule has 0 bridgehead atoms. The van der Waals surface area contributed by atoms with Gasteiger partial charge in [-0.05, 0) is 25.7 Å². The first-order valence-corrected chi connectivity index (χ1v) is 6.11. The van der Waals surface area contributed by atoms with Crippen LogP contribution in [-0.4, -0.2) is 26.2 Å². The predicted octanol–water partition coefficient (Wildman–Crippen LogP) is 1.34. The molecule has 1 aromatic heterocycles. The van der Waals surface area contributed by atoms with Crippen molar-refractivity contribution in [1.29, 1.82) is 0 Å². The highest BCUT2D eigenvalue weighted by molar-refractivity contribution is 5.78. The van der Waals surface area contributed by atoms with E-state index in [2.05, 4.69) is 16.5 Å². The summed E-state index contributed by atoms with van der Waals surface area (Å²) in [6.45, 7) is 2.11. The van der Waals surface area contributed by atoms with Crippen LogP contribution in [-0.2, 0) is 11.2 Å². The number of carboxylic acids is 1. The van der Waals surface area contributed by atoms with Crippen LogP contribution >= 0.6 is 0 Å². The summed E-state index contributed by atoms with van der Waals surface area (Å²) in [6, 6.07) is 0.181. The quantitative estimate of drug-likeness (QED) is 0.828. The van der Waals surface area contributed by atoms with Crippen molar-refractivity contribution >= 4 is 5.97 Å². The van der Waals surface area contributed by atoms with Crippen molar-refractivity contribution in [1.82, 2.24) is 9.55 Å². The summed E-state index contributed by atoms with van der Waals surface area (Å²) in [5, 5.41) is 9.11. The maximum absolute atomic E-state index is 11.1. The first kappa shape index (κ1) is 12.1. The first-order valence-electron chi connectivity index (χ1n) is 6.11. The van der Waals surface area contributed by atoms with E-state index >= 15 is 0 Å². The molecule has 1 aromatic rings. The van der Waals surface area contributed by atoms with Crippen LogP contribution in [0.15, 0.2) is 12.4 Å². The van der Waals surface area contributed by atoms with E-state index in [9.17, 15) is 4.79 Å². The highest BCUT2D eigenvalue weighted by atomic mass is 16.4. The maximum Gasteiger partial charge on any atom is 0.323 e. The molecule has 3 N–H and O–H groups in total. The Morgan fingerprint density at radius 3 is 3.12 bits per heavy atom. The lowest BCUT2D eigenvalue weighted by molar-refractivity contribution is -0.143. The molecule has 2 rings (SSSR count). The molecule has 1 saturated carbocycles. The number of carbonyl (C=O) groups is 1. The summed E-state index contributed by atoms with van der Waals surface area (Å²) in [5.74, 6) is 0.143. The summed E-state index contributed by atoms with van der Waals surface area (Å²) in [6.07, 6.45) is 7.53. The van der Waals surface area contributed by atoms with Gasteiger partial charge in [0.25, 0.3) is 0 Å². The van der Waals surface area contributed by atoms with Gasteiger partial charge in [0.15, 0.2) is 0 Å². The fourth-order valence-corrected chi connectivity index (χ4v) is 2.57. The summed E-state index contributed by atoms with van der Waals surface area (Å²) in [5.41, 5.74) is 4.83. The largest absolute Gasteiger partial charge is 0.480 e. The Hall–Kier alpha value is -1.36. The van der Waals surface area contributed by atoms with Crippen LogP contribution in [0.1, 0.15) is 44.5 Å². The zero-order valence-corrected chi connectivity index (χ0v) is 10.1. The monoisotopic (exact) mass is 237 g/mol. The van der Waals surface area contributed by atoms with E-state index in [4.69, 9.17) is 10.8 Å². The van der Waals surface area contributed by atoms with Crippen LogP contribution in [0.25, 0.3) is 0 Å². The van der Waals surface area contributed by atoms with Gasteiger partial charge in [0.2, 0.25) is 0 Å². The lowest BCUT2D eigenvalue weighted by Gasteiger charge is -2.19. The highest BCUT2D eigenvalue weighted by Gasteiger charge is 2.43. The molecule has 5 nitrogen and oxygen atoms in total. The minimum absolute atomic E-state index is 0.181. The molecule has 1 aliphatic carbocycles. The average Bonchev–Trinajstić information content (AvgIpc) is 2.86. The van der Waals surface area contributed by atoms with Gasteiger partial charge in [-0.25, -0.2) is 4.98 Å². The SMILES string of the molecule is CCCc1nccn1C1CCC(N)(C(=O)O)C1. The Kier molecular flexibility index (Phi) is 3.19. The molecule has 1 aliphatic rings. The van der Waals surface area contributed by atoms with Crippen LogP contribution in [0.4, 0.5) is 0 Å². The van der Waals surface area contributed by atoms with Gasteiger partial charge >= 0.3 is 5.97 Å². The standard InChI is InChI=1S/C12H19N3O2/c1-2-3-10-14-6-7-15(10)9-4-5-12(13,8-9)11(16)17/h6-7,9H,2-5,8,13H2,1H3,(H,16,17). The Bertz CT molecular complexity index is 416. The molecular weight excluding hydrogens is 218 g/mol. The van der Waals surface area contributed by atoms with Crippen LogP contribution in [0.3, 0.4) is 0 Å². The van der Waals surface area contributed by atoms with Crippen molar-refractivity contribution in [2.45, 2.75) is 50.6 Å². The van der Waals surface area contributed by atoms with Crippen LogP contribution in [0.5, 0.6) is 0 Å². The fourth-order valence-electron chi connectivity index (χ4n) is 2.57. The third-order valence-electron chi connectivity index (χ3n) is 3.57. The first-order chi connectivity index (χ1) is 8.07. The summed E-state index contributed by atoms with van der Waals surface area (Å²) in [4.78, 5) is 15.4. The van der Waals surface area contributed by atoms with E-state index in [1.54, 1.807) is 6.20 Å². The number of hydrogen-bond acceptors (Lipinski definition) is 3. The van der Waals surface area contributed by atoms with E-state index in [-0.39, 0.29) is 6.04 Å². The number of rotatable bonds is 4. The summed E-state index contributed by atoms with van der Waals surface area (Å²) < 4.78 is 2.10. The second-order valence-corrected chi connectivity index (χ2v) is 4.86. The third kappa shape index (κ3) is 2.20. The number of hydrogen-bond donors (Lipinski definition) is 2. The highest BCUT2D eigenvalue weighted by Crippen LogP contribution is 2.36. The number of aliphatic carboxylic acids is 1. The second kappa shape index (κ2) is 4.49. The average molecular weight is 237 g/mol. The van der Waals surface area contributed by atoms with E-state index in [1.165, 1.54) is 0 Å². The summed E-state index contributed by atoms with van der Waals surface area (Å²) in [7, 11) is 0. The van der Waals surface area contributed by atoms with Gasteiger partial charge in [-0.15, -0.1) is 0 Å². The Morgan fingerprint density at radius 1 is 1.76 bits per heavy atom. The zero-order valence-electron chi connectivity index (χ0n) is 10.1. The Labute approximate surface area is 101 Å². The molecule has 2 atom stereocenters. The normalized spacial score (nSPS) is 28.5. The Balaban J connectivity index is 2.15. The van der Waals surface area contributed by atoms with E-state index in [1.807, 2.05) is 6.20 Å². The van der Waals surface area contributed by atoms with Gasteiger partial charge in [-0.1, -0.05) is 6.92 Å². The van der Waals surface area contributed by atoms with Crippen molar-refractivity contribution in [3.05, 3.63) is 18.2 Å². The van der Waals surface area contributed by atoms with Gasteiger partial charge in [0.05, 0.1) is 0 Å². The molecule has 0 aliphatic heterocycles. The predicted molar refractivity (Wildman–Crippen MR) is 63.7 cm³/mol. The molecule has 0 saturated heterocycles. The minimum Gasteiger partial charge on any atom is -0.480 e. The van der Waals surface area contributed by atoms with E-state index in [0.717, 1.165) is 25.1 Å². The molecule has 0 radical (unpaired) electrons. The Morgan fingerprint density at radius 2 is 2.53 bits per heavy atom. The topological polar surface area (TPSA) is 81.1 Å². The number of nitrogens with two attached hydrogens (primary N) is 1. The number of aryl methyl sites for hydroxylation is 1. The number of aromatic nitrogens is 2. The number of imidazole rings is 1. The van der Waals surface area contributed by atoms with Crippen molar-refractivity contribution in [3.8, 4) is 0 Å². The van der Waals surface area contributed by atoms with E-state index in [0.29, 0.717) is 12.8 Å². The van der Waals surface area contributed by atoms with E-state index < -0.39 is 11.5 Å². The third-order valence-corrected chi connectivity index (χ3v) is 3.57. The summed E-state index contributed by atoms with van der Waals surface area (Å²) >= 11 is 0. The smallest absolute Gasteiger partial charge is 0.323 e. The molecule has 0 spiro atoms. The van der Waals surface area contributed by atoms with Gasteiger partial charge < -0.3 is 15.4 Å². The van der Waals surface area contributed by atoms with Crippen LogP contribution in [0.2, 0.25) is 0 Å². The van der Waals surface area contributed by atoms with Crippen molar-refractivity contribution < 1.29 is 9.90 Å².